The SMILES string of the molecule is COC1(C(F)(F)F)CCN(C(=O)NCC2CCCn3cc(C)nc32)CC1. The molecule has 2 aliphatic rings. The lowest BCUT2D eigenvalue weighted by Crippen LogP contribution is -2.57. The Balaban J connectivity index is 1.54. The molecule has 146 valence electrons. The third kappa shape index (κ3) is 3.54. The number of fused-ring (bicyclic) bond motifs is 1. The van der Waals surface area contributed by atoms with Gasteiger partial charge in [0.2, 0.25) is 0 Å². The number of piperidine rings is 1. The van der Waals surface area contributed by atoms with Crippen molar-refractivity contribution in [3.63, 3.8) is 0 Å². The second kappa shape index (κ2) is 7.09. The van der Waals surface area contributed by atoms with Gasteiger partial charge in [0.15, 0.2) is 5.60 Å². The molecule has 0 spiro atoms. The number of alkyl halides is 3. The molecule has 2 amide bonds. The summed E-state index contributed by atoms with van der Waals surface area (Å²) >= 11 is 0. The molecule has 1 aromatic rings. The first-order valence-corrected chi connectivity index (χ1v) is 8.94. The number of halogens is 3. The lowest BCUT2D eigenvalue weighted by atomic mass is 9.90. The van der Waals surface area contributed by atoms with Gasteiger partial charge in [-0.2, -0.15) is 13.2 Å². The molecule has 2 aliphatic heterocycles. The van der Waals surface area contributed by atoms with E-state index in [0.29, 0.717) is 6.54 Å². The standard InChI is InChI=1S/C17H25F3N4O2/c1-12-11-24-7-3-4-13(14(24)22-12)10-21-15(25)23-8-5-16(26-2,6-9-23)17(18,19)20/h11,13H,3-10H2,1-2H3,(H,21,25). The van der Waals surface area contributed by atoms with Gasteiger partial charge in [0.25, 0.3) is 0 Å². The van der Waals surface area contributed by atoms with Crippen LogP contribution >= 0.6 is 0 Å². The topological polar surface area (TPSA) is 59.4 Å². The Morgan fingerprint density at radius 3 is 2.69 bits per heavy atom. The average molecular weight is 374 g/mol. The van der Waals surface area contributed by atoms with E-state index < -0.39 is 11.8 Å². The van der Waals surface area contributed by atoms with Crippen molar-refractivity contribution in [1.29, 1.82) is 0 Å². The molecule has 0 aliphatic carbocycles. The number of nitrogens with one attached hydrogen (secondary N) is 1. The highest BCUT2D eigenvalue weighted by Crippen LogP contribution is 2.41. The molecule has 0 aromatic carbocycles. The largest absolute Gasteiger partial charge is 0.417 e. The second-order valence-corrected chi connectivity index (χ2v) is 7.14. The van der Waals surface area contributed by atoms with Gasteiger partial charge in [0, 0.05) is 58.2 Å². The van der Waals surface area contributed by atoms with Gasteiger partial charge >= 0.3 is 12.2 Å². The van der Waals surface area contributed by atoms with Gasteiger partial charge in [-0.05, 0) is 19.8 Å². The van der Waals surface area contributed by atoms with E-state index in [2.05, 4.69) is 14.9 Å². The van der Waals surface area contributed by atoms with Crippen LogP contribution in [0.2, 0.25) is 0 Å². The van der Waals surface area contributed by atoms with Gasteiger partial charge in [-0.3, -0.25) is 0 Å². The van der Waals surface area contributed by atoms with Gasteiger partial charge in [0.05, 0.1) is 5.69 Å². The highest BCUT2D eigenvalue weighted by Gasteiger charge is 2.56. The molecule has 1 fully saturated rings. The second-order valence-electron chi connectivity index (χ2n) is 7.14. The van der Waals surface area contributed by atoms with E-state index in [-0.39, 0.29) is 37.9 Å². The zero-order chi connectivity index (χ0) is 18.9. The fourth-order valence-corrected chi connectivity index (χ4v) is 3.90. The number of methoxy groups -OCH3 is 1. The molecular weight excluding hydrogens is 349 g/mol. The third-order valence-corrected chi connectivity index (χ3v) is 5.51. The summed E-state index contributed by atoms with van der Waals surface area (Å²) in [4.78, 5) is 18.3. The average Bonchev–Trinajstić information content (AvgIpc) is 2.99. The van der Waals surface area contributed by atoms with Crippen LogP contribution in [-0.2, 0) is 11.3 Å². The Morgan fingerprint density at radius 2 is 2.08 bits per heavy atom. The van der Waals surface area contributed by atoms with E-state index in [4.69, 9.17) is 4.74 Å². The number of urea groups is 1. The van der Waals surface area contributed by atoms with Crippen LogP contribution < -0.4 is 5.32 Å². The van der Waals surface area contributed by atoms with E-state index in [1.807, 2.05) is 13.1 Å². The number of rotatable bonds is 3. The minimum Gasteiger partial charge on any atom is -0.369 e. The van der Waals surface area contributed by atoms with E-state index in [1.54, 1.807) is 0 Å². The summed E-state index contributed by atoms with van der Waals surface area (Å²) in [5.74, 6) is 1.11. The Kier molecular flexibility index (Phi) is 5.18. The molecule has 9 heteroatoms. The quantitative estimate of drug-likeness (QED) is 0.885. The summed E-state index contributed by atoms with van der Waals surface area (Å²) < 4.78 is 46.5. The number of carbonyl (C=O) groups excluding carboxylic acids is 1. The van der Waals surface area contributed by atoms with Crippen LogP contribution in [0.1, 0.15) is 43.1 Å². The summed E-state index contributed by atoms with van der Waals surface area (Å²) in [5, 5.41) is 2.87. The van der Waals surface area contributed by atoms with Crippen molar-refractivity contribution in [2.75, 3.05) is 26.7 Å². The Morgan fingerprint density at radius 1 is 1.38 bits per heavy atom. The number of aryl methyl sites for hydroxylation is 2. The van der Waals surface area contributed by atoms with Crippen molar-refractivity contribution in [2.45, 2.75) is 56.8 Å². The maximum Gasteiger partial charge on any atom is 0.417 e. The number of imidazole rings is 1. The Hall–Kier alpha value is -1.77. The molecule has 1 aromatic heterocycles. The van der Waals surface area contributed by atoms with Crippen molar-refractivity contribution in [2.24, 2.45) is 0 Å². The summed E-state index contributed by atoms with van der Waals surface area (Å²) in [5.41, 5.74) is -1.19. The normalized spacial score (nSPS) is 22.8. The molecule has 0 saturated carbocycles. The predicted molar refractivity (Wildman–Crippen MR) is 88.9 cm³/mol. The van der Waals surface area contributed by atoms with Gasteiger partial charge in [-0.1, -0.05) is 0 Å². The van der Waals surface area contributed by atoms with Crippen molar-refractivity contribution in [3.05, 3.63) is 17.7 Å². The predicted octanol–water partition coefficient (Wildman–Crippen LogP) is 2.82. The Labute approximate surface area is 150 Å². The molecule has 1 atom stereocenters. The molecule has 3 heterocycles. The molecule has 0 radical (unpaired) electrons. The van der Waals surface area contributed by atoms with E-state index in [9.17, 15) is 18.0 Å². The van der Waals surface area contributed by atoms with Gasteiger partial charge in [-0.25, -0.2) is 9.78 Å². The third-order valence-electron chi connectivity index (χ3n) is 5.51. The smallest absolute Gasteiger partial charge is 0.369 e. The highest BCUT2D eigenvalue weighted by molar-refractivity contribution is 5.74. The van der Waals surface area contributed by atoms with Crippen LogP contribution in [0.5, 0.6) is 0 Å². The molecule has 1 N–H and O–H groups in total. The van der Waals surface area contributed by atoms with Gasteiger partial charge in [0.1, 0.15) is 5.82 Å². The number of aromatic nitrogens is 2. The number of carbonyl (C=O) groups is 1. The fourth-order valence-electron chi connectivity index (χ4n) is 3.90. The number of amides is 2. The van der Waals surface area contributed by atoms with Crippen LogP contribution in [0.3, 0.4) is 0 Å². The van der Waals surface area contributed by atoms with E-state index in [0.717, 1.165) is 38.0 Å². The zero-order valence-electron chi connectivity index (χ0n) is 15.1. The van der Waals surface area contributed by atoms with Gasteiger partial charge < -0.3 is 19.5 Å². The zero-order valence-corrected chi connectivity index (χ0v) is 15.1. The van der Waals surface area contributed by atoms with Crippen molar-refractivity contribution in [3.8, 4) is 0 Å². The van der Waals surface area contributed by atoms with Crippen molar-refractivity contribution >= 4 is 6.03 Å². The number of hydrogen-bond acceptors (Lipinski definition) is 3. The first-order chi connectivity index (χ1) is 12.3. The van der Waals surface area contributed by atoms with E-state index in [1.165, 1.54) is 4.90 Å². The van der Waals surface area contributed by atoms with Crippen LogP contribution in [0.15, 0.2) is 6.20 Å². The molecule has 3 rings (SSSR count). The van der Waals surface area contributed by atoms with Crippen molar-refractivity contribution < 1.29 is 22.7 Å². The molecule has 0 bridgehead atoms. The lowest BCUT2D eigenvalue weighted by Gasteiger charge is -2.41. The van der Waals surface area contributed by atoms with Crippen LogP contribution in [0.25, 0.3) is 0 Å². The van der Waals surface area contributed by atoms with Crippen molar-refractivity contribution in [1.82, 2.24) is 19.8 Å². The minimum absolute atomic E-state index is 0.0254. The summed E-state index contributed by atoms with van der Waals surface area (Å²) in [6.45, 7) is 3.37. The van der Waals surface area contributed by atoms with E-state index >= 15 is 0 Å². The Bertz CT molecular complexity index is 651. The molecule has 1 saturated heterocycles. The van der Waals surface area contributed by atoms with Gasteiger partial charge in [-0.15, -0.1) is 0 Å². The molecule has 1 unspecified atom stereocenters. The lowest BCUT2D eigenvalue weighted by molar-refractivity contribution is -0.281. The maximum atomic E-state index is 13.2. The summed E-state index contributed by atoms with van der Waals surface area (Å²) in [7, 11) is 1.08. The maximum absolute atomic E-state index is 13.2. The summed E-state index contributed by atoms with van der Waals surface area (Å²) in [6.07, 6.45) is -0.940. The van der Waals surface area contributed by atoms with Crippen LogP contribution in [0.4, 0.5) is 18.0 Å². The molecular formula is C17H25F3N4O2. The minimum atomic E-state index is -4.43. The molecule has 6 nitrogen and oxygen atoms in total. The number of hydrogen-bond donors (Lipinski definition) is 1. The first-order valence-electron chi connectivity index (χ1n) is 8.94. The summed E-state index contributed by atoms with van der Waals surface area (Å²) in [6, 6.07) is -0.322. The number of ether oxygens (including phenoxy) is 1. The number of likely N-dealkylation sites (tertiary alicyclic amines) is 1. The first kappa shape index (κ1) is 19.0. The highest BCUT2D eigenvalue weighted by atomic mass is 19.4. The monoisotopic (exact) mass is 374 g/mol. The molecule has 26 heavy (non-hydrogen) atoms. The number of nitrogens with zero attached hydrogens (tertiary/aromatic N) is 3. The van der Waals surface area contributed by atoms with Crippen LogP contribution in [-0.4, -0.2) is 59.0 Å². The van der Waals surface area contributed by atoms with Crippen LogP contribution in [0, 0.1) is 6.92 Å². The fraction of sp³-hybridized carbons (Fsp3) is 0.765.